The smallest absolute Gasteiger partial charge is 0.255 e. The van der Waals surface area contributed by atoms with E-state index in [-0.39, 0.29) is 5.91 Å². The van der Waals surface area contributed by atoms with Crippen LogP contribution in [0.4, 0.5) is 0 Å². The zero-order chi connectivity index (χ0) is 14.4. The third-order valence-corrected chi connectivity index (χ3v) is 3.14. The predicted octanol–water partition coefficient (Wildman–Crippen LogP) is 3.17. The lowest BCUT2D eigenvalue weighted by Gasteiger charge is -2.11. The van der Waals surface area contributed by atoms with E-state index in [4.69, 9.17) is 4.74 Å². The molecule has 0 aliphatic rings. The minimum absolute atomic E-state index is 0.180. The van der Waals surface area contributed by atoms with Crippen molar-refractivity contribution in [3.05, 3.63) is 58.3 Å². The normalized spacial score (nSPS) is 10.1. The predicted molar refractivity (Wildman–Crippen MR) is 80.7 cm³/mol. The molecule has 1 N–H and O–H groups in total. The molecule has 0 saturated heterocycles. The van der Waals surface area contributed by atoms with Crippen molar-refractivity contribution in [3.63, 3.8) is 0 Å². The molecule has 0 aliphatic heterocycles. The third-order valence-electron chi connectivity index (χ3n) is 2.64. The quantitative estimate of drug-likeness (QED) is 0.913. The summed E-state index contributed by atoms with van der Waals surface area (Å²) in [6, 6.07) is 11.0. The van der Waals surface area contributed by atoms with Crippen molar-refractivity contribution in [1.29, 1.82) is 0 Å². The number of nitrogens with zero attached hydrogens (tertiary/aromatic N) is 1. The molecule has 2 rings (SSSR count). The molecule has 0 unspecified atom stereocenters. The van der Waals surface area contributed by atoms with E-state index in [1.165, 1.54) is 0 Å². The molecule has 20 heavy (non-hydrogen) atoms. The number of aromatic nitrogens is 1. The highest BCUT2D eigenvalue weighted by molar-refractivity contribution is 9.10. The Bertz CT molecular complexity index is 588. The average molecular weight is 335 g/mol. The highest BCUT2D eigenvalue weighted by Gasteiger charge is 2.13. The van der Waals surface area contributed by atoms with E-state index in [1.807, 2.05) is 31.2 Å². The number of rotatable bonds is 5. The monoisotopic (exact) mass is 334 g/mol. The topological polar surface area (TPSA) is 51.2 Å². The van der Waals surface area contributed by atoms with E-state index in [1.54, 1.807) is 18.3 Å². The van der Waals surface area contributed by atoms with Gasteiger partial charge in [0.05, 0.1) is 24.4 Å². The van der Waals surface area contributed by atoms with Crippen LogP contribution in [0.5, 0.6) is 5.75 Å². The molecule has 2 aromatic rings. The number of nitrogens with one attached hydrogen (secondary N) is 1. The summed E-state index contributed by atoms with van der Waals surface area (Å²) in [4.78, 5) is 16.4. The summed E-state index contributed by atoms with van der Waals surface area (Å²) in [5.74, 6) is 0.398. The van der Waals surface area contributed by atoms with Crippen LogP contribution in [0.1, 0.15) is 23.0 Å². The van der Waals surface area contributed by atoms with Crippen LogP contribution in [-0.4, -0.2) is 17.5 Å². The van der Waals surface area contributed by atoms with Crippen LogP contribution in [0.15, 0.2) is 47.1 Å². The van der Waals surface area contributed by atoms with Gasteiger partial charge in [0.2, 0.25) is 0 Å². The molecule has 0 atom stereocenters. The van der Waals surface area contributed by atoms with Crippen LogP contribution < -0.4 is 10.1 Å². The summed E-state index contributed by atoms with van der Waals surface area (Å²) in [7, 11) is 0. The van der Waals surface area contributed by atoms with Gasteiger partial charge in [-0.3, -0.25) is 9.78 Å². The van der Waals surface area contributed by atoms with Gasteiger partial charge in [-0.25, -0.2) is 0 Å². The highest BCUT2D eigenvalue weighted by atomic mass is 79.9. The van der Waals surface area contributed by atoms with Crippen molar-refractivity contribution in [2.24, 2.45) is 0 Å². The van der Waals surface area contributed by atoms with Crippen molar-refractivity contribution < 1.29 is 9.53 Å². The Kier molecular flexibility index (Phi) is 5.12. The Morgan fingerprint density at radius 1 is 1.35 bits per heavy atom. The fourth-order valence-electron chi connectivity index (χ4n) is 1.73. The van der Waals surface area contributed by atoms with Gasteiger partial charge in [-0.05, 0) is 37.3 Å². The van der Waals surface area contributed by atoms with Gasteiger partial charge in [0.15, 0.2) is 0 Å². The standard InChI is InChI=1S/C15H15BrN2O2/c1-2-20-14-7-6-11(16)9-13(14)15(19)18-10-12-5-3-4-8-17-12/h3-9H,2,10H2,1H3,(H,18,19). The van der Waals surface area contributed by atoms with Crippen molar-refractivity contribution in [1.82, 2.24) is 10.3 Å². The maximum absolute atomic E-state index is 12.2. The minimum Gasteiger partial charge on any atom is -0.493 e. The van der Waals surface area contributed by atoms with Gasteiger partial charge >= 0.3 is 0 Å². The Morgan fingerprint density at radius 2 is 2.20 bits per heavy atom. The number of pyridine rings is 1. The van der Waals surface area contributed by atoms with Crippen molar-refractivity contribution >= 4 is 21.8 Å². The molecule has 0 spiro atoms. The zero-order valence-electron chi connectivity index (χ0n) is 11.1. The van der Waals surface area contributed by atoms with Gasteiger partial charge in [0.1, 0.15) is 5.75 Å². The van der Waals surface area contributed by atoms with E-state index in [0.29, 0.717) is 24.5 Å². The summed E-state index contributed by atoms with van der Waals surface area (Å²) in [6.07, 6.45) is 1.70. The van der Waals surface area contributed by atoms with Crippen LogP contribution in [0.2, 0.25) is 0 Å². The summed E-state index contributed by atoms with van der Waals surface area (Å²) in [5, 5.41) is 2.84. The largest absolute Gasteiger partial charge is 0.493 e. The van der Waals surface area contributed by atoms with Gasteiger partial charge in [-0.15, -0.1) is 0 Å². The first-order chi connectivity index (χ1) is 9.70. The Balaban J connectivity index is 2.10. The second kappa shape index (κ2) is 7.05. The maximum Gasteiger partial charge on any atom is 0.255 e. The van der Waals surface area contributed by atoms with Gasteiger partial charge in [0, 0.05) is 10.7 Å². The van der Waals surface area contributed by atoms with E-state index in [2.05, 4.69) is 26.2 Å². The average Bonchev–Trinajstić information content (AvgIpc) is 2.48. The first kappa shape index (κ1) is 14.5. The Morgan fingerprint density at radius 3 is 2.90 bits per heavy atom. The summed E-state index contributed by atoms with van der Waals surface area (Å²) >= 11 is 3.36. The molecule has 0 fully saturated rings. The fourth-order valence-corrected chi connectivity index (χ4v) is 2.09. The molecule has 0 radical (unpaired) electrons. The molecule has 4 nitrogen and oxygen atoms in total. The fraction of sp³-hybridized carbons (Fsp3) is 0.200. The molecule has 1 amide bonds. The lowest BCUT2D eigenvalue weighted by Crippen LogP contribution is -2.24. The second-order valence-corrected chi connectivity index (χ2v) is 4.99. The van der Waals surface area contributed by atoms with Gasteiger partial charge in [-0.2, -0.15) is 0 Å². The van der Waals surface area contributed by atoms with Crippen LogP contribution >= 0.6 is 15.9 Å². The van der Waals surface area contributed by atoms with Gasteiger partial charge < -0.3 is 10.1 Å². The second-order valence-electron chi connectivity index (χ2n) is 4.08. The van der Waals surface area contributed by atoms with Crippen molar-refractivity contribution in [2.45, 2.75) is 13.5 Å². The lowest BCUT2D eigenvalue weighted by atomic mass is 10.2. The van der Waals surface area contributed by atoms with Crippen LogP contribution in [0, 0.1) is 0 Å². The molecular weight excluding hydrogens is 320 g/mol. The molecule has 5 heteroatoms. The molecule has 1 heterocycles. The number of carbonyl (C=O) groups is 1. The molecule has 104 valence electrons. The van der Waals surface area contributed by atoms with E-state index in [0.717, 1.165) is 10.2 Å². The van der Waals surface area contributed by atoms with Crippen molar-refractivity contribution in [2.75, 3.05) is 6.61 Å². The Hall–Kier alpha value is -1.88. The minimum atomic E-state index is -0.180. The third kappa shape index (κ3) is 3.81. The number of amides is 1. The van der Waals surface area contributed by atoms with Crippen LogP contribution in [0.25, 0.3) is 0 Å². The van der Waals surface area contributed by atoms with Gasteiger partial charge in [-0.1, -0.05) is 22.0 Å². The SMILES string of the molecule is CCOc1ccc(Br)cc1C(=O)NCc1ccccn1. The number of carbonyl (C=O) groups excluding carboxylic acids is 1. The molecule has 1 aromatic heterocycles. The number of hydrogen-bond donors (Lipinski definition) is 1. The number of hydrogen-bond acceptors (Lipinski definition) is 3. The first-order valence-electron chi connectivity index (χ1n) is 6.31. The molecule has 0 aliphatic carbocycles. The molecule has 0 bridgehead atoms. The first-order valence-corrected chi connectivity index (χ1v) is 7.10. The summed E-state index contributed by atoms with van der Waals surface area (Å²) < 4.78 is 6.30. The van der Waals surface area contributed by atoms with Gasteiger partial charge in [0.25, 0.3) is 5.91 Å². The van der Waals surface area contributed by atoms with Crippen molar-refractivity contribution in [3.8, 4) is 5.75 Å². The Labute approximate surface area is 126 Å². The number of benzene rings is 1. The molecule has 1 aromatic carbocycles. The highest BCUT2D eigenvalue weighted by Crippen LogP contribution is 2.23. The maximum atomic E-state index is 12.2. The van der Waals surface area contributed by atoms with E-state index in [9.17, 15) is 4.79 Å². The lowest BCUT2D eigenvalue weighted by molar-refractivity contribution is 0.0946. The van der Waals surface area contributed by atoms with E-state index >= 15 is 0 Å². The molecular formula is C15H15BrN2O2. The van der Waals surface area contributed by atoms with E-state index < -0.39 is 0 Å². The number of halogens is 1. The summed E-state index contributed by atoms with van der Waals surface area (Å²) in [6.45, 7) is 2.79. The zero-order valence-corrected chi connectivity index (χ0v) is 12.7. The number of ether oxygens (including phenoxy) is 1. The summed E-state index contributed by atoms with van der Waals surface area (Å²) in [5.41, 5.74) is 1.32. The van der Waals surface area contributed by atoms with Crippen LogP contribution in [-0.2, 0) is 6.54 Å². The van der Waals surface area contributed by atoms with Crippen LogP contribution in [0.3, 0.4) is 0 Å². The molecule has 0 saturated carbocycles.